The van der Waals surface area contributed by atoms with Gasteiger partial charge >= 0.3 is 0 Å². The van der Waals surface area contributed by atoms with E-state index in [1.54, 1.807) is 42.7 Å². The monoisotopic (exact) mass is 239 g/mol. The molecule has 0 saturated carbocycles. The first kappa shape index (κ1) is 10.3. The second kappa shape index (κ2) is 4.09. The van der Waals surface area contributed by atoms with Gasteiger partial charge in [-0.1, -0.05) is 23.2 Å². The van der Waals surface area contributed by atoms with E-state index in [0.29, 0.717) is 15.6 Å². The second-order valence-electron chi connectivity index (χ2n) is 3.02. The van der Waals surface area contributed by atoms with Crippen molar-refractivity contribution in [2.75, 3.05) is 0 Å². The number of nitrogens with zero attached hydrogens (tertiary/aromatic N) is 1. The van der Waals surface area contributed by atoms with Gasteiger partial charge in [0.2, 0.25) is 0 Å². The fourth-order valence-electron chi connectivity index (χ4n) is 1.25. The molecule has 1 heterocycles. The summed E-state index contributed by atoms with van der Waals surface area (Å²) in [6.45, 7) is 0. The molecule has 0 bridgehead atoms. The van der Waals surface area contributed by atoms with Gasteiger partial charge in [-0.05, 0) is 30.3 Å². The molecule has 0 N–H and O–H groups in total. The summed E-state index contributed by atoms with van der Waals surface area (Å²) in [5.74, 6) is -0.126. The summed E-state index contributed by atoms with van der Waals surface area (Å²) >= 11 is 11.6. The zero-order valence-electron chi connectivity index (χ0n) is 7.65. The molecule has 1 aromatic heterocycles. The predicted octanol–water partition coefficient (Wildman–Crippen LogP) is 3.48. The molecule has 2 aromatic rings. The minimum atomic E-state index is -0.126. The van der Waals surface area contributed by atoms with Crippen molar-refractivity contribution in [3.63, 3.8) is 0 Å². The lowest BCUT2D eigenvalue weighted by atomic mass is 10.2. The first-order valence-corrected chi connectivity index (χ1v) is 5.07. The van der Waals surface area contributed by atoms with Crippen molar-refractivity contribution in [2.45, 2.75) is 0 Å². The van der Waals surface area contributed by atoms with Crippen molar-refractivity contribution in [1.82, 2.24) is 4.57 Å². The van der Waals surface area contributed by atoms with Crippen molar-refractivity contribution < 1.29 is 4.79 Å². The summed E-state index contributed by atoms with van der Waals surface area (Å²) in [6, 6.07) is 8.40. The summed E-state index contributed by atoms with van der Waals surface area (Å²) in [6.07, 6.45) is 3.37. The minimum Gasteiger partial charge on any atom is -0.291 e. The normalized spacial score (nSPS) is 10.3. The van der Waals surface area contributed by atoms with E-state index in [0.717, 1.165) is 0 Å². The Bertz CT molecular complexity index is 491. The number of benzene rings is 1. The highest BCUT2D eigenvalue weighted by Crippen LogP contribution is 2.22. The molecule has 0 aliphatic rings. The Morgan fingerprint density at radius 2 is 1.73 bits per heavy atom. The maximum absolute atomic E-state index is 11.8. The summed E-state index contributed by atoms with van der Waals surface area (Å²) < 4.78 is 1.49. The molecule has 15 heavy (non-hydrogen) atoms. The molecular formula is C11H7Cl2NO. The third-order valence-corrected chi connectivity index (χ3v) is 2.74. The lowest BCUT2D eigenvalue weighted by molar-refractivity contribution is 0.0960. The average Bonchev–Trinajstić information content (AvgIpc) is 2.74. The first-order valence-electron chi connectivity index (χ1n) is 4.31. The maximum Gasteiger partial charge on any atom is 0.261 e. The highest BCUT2D eigenvalue weighted by molar-refractivity contribution is 6.42. The van der Waals surface area contributed by atoms with E-state index in [9.17, 15) is 4.79 Å². The van der Waals surface area contributed by atoms with Crippen molar-refractivity contribution in [2.24, 2.45) is 0 Å². The number of hydrogen-bond donors (Lipinski definition) is 0. The van der Waals surface area contributed by atoms with Crippen LogP contribution in [0.3, 0.4) is 0 Å². The highest BCUT2D eigenvalue weighted by Gasteiger charge is 2.08. The van der Waals surface area contributed by atoms with Crippen LogP contribution in [0.4, 0.5) is 0 Å². The molecule has 4 heteroatoms. The summed E-state index contributed by atoms with van der Waals surface area (Å²) in [5.41, 5.74) is 0.514. The van der Waals surface area contributed by atoms with E-state index in [2.05, 4.69) is 0 Å². The summed E-state index contributed by atoms with van der Waals surface area (Å²) in [5, 5.41) is 0.829. The van der Waals surface area contributed by atoms with E-state index in [1.807, 2.05) is 0 Å². The Morgan fingerprint density at radius 1 is 1.07 bits per heavy atom. The zero-order valence-corrected chi connectivity index (χ0v) is 9.16. The van der Waals surface area contributed by atoms with E-state index in [4.69, 9.17) is 23.2 Å². The zero-order chi connectivity index (χ0) is 10.8. The first-order chi connectivity index (χ1) is 7.18. The smallest absolute Gasteiger partial charge is 0.261 e. The van der Waals surface area contributed by atoms with E-state index >= 15 is 0 Å². The van der Waals surface area contributed by atoms with Crippen LogP contribution in [-0.4, -0.2) is 10.5 Å². The molecule has 1 aromatic carbocycles. The fourth-order valence-corrected chi connectivity index (χ4v) is 1.55. The van der Waals surface area contributed by atoms with Gasteiger partial charge in [0.1, 0.15) is 0 Å². The van der Waals surface area contributed by atoms with Gasteiger partial charge in [-0.2, -0.15) is 0 Å². The Kier molecular flexibility index (Phi) is 2.80. The molecule has 0 saturated heterocycles. The Morgan fingerprint density at radius 3 is 2.33 bits per heavy atom. The van der Waals surface area contributed by atoms with Crippen LogP contribution in [-0.2, 0) is 0 Å². The lowest BCUT2D eigenvalue weighted by Gasteiger charge is -2.03. The van der Waals surface area contributed by atoms with Gasteiger partial charge in [0.05, 0.1) is 10.0 Å². The number of hydrogen-bond acceptors (Lipinski definition) is 1. The van der Waals surface area contributed by atoms with Crippen molar-refractivity contribution >= 4 is 29.1 Å². The van der Waals surface area contributed by atoms with Gasteiger partial charge in [-0.15, -0.1) is 0 Å². The van der Waals surface area contributed by atoms with Crippen LogP contribution in [0, 0.1) is 0 Å². The number of carbonyl (C=O) groups is 1. The Labute approximate surface area is 97.0 Å². The van der Waals surface area contributed by atoms with Gasteiger partial charge in [-0.25, -0.2) is 0 Å². The number of halogens is 2. The predicted molar refractivity (Wildman–Crippen MR) is 60.6 cm³/mol. The third-order valence-electron chi connectivity index (χ3n) is 2.01. The van der Waals surface area contributed by atoms with Gasteiger partial charge in [0.25, 0.3) is 5.91 Å². The third kappa shape index (κ3) is 2.06. The highest BCUT2D eigenvalue weighted by atomic mass is 35.5. The van der Waals surface area contributed by atoms with Crippen LogP contribution in [0.15, 0.2) is 42.7 Å². The maximum atomic E-state index is 11.8. The van der Waals surface area contributed by atoms with Gasteiger partial charge in [0, 0.05) is 18.0 Å². The van der Waals surface area contributed by atoms with Gasteiger partial charge in [0.15, 0.2) is 0 Å². The van der Waals surface area contributed by atoms with Crippen LogP contribution in [0.25, 0.3) is 0 Å². The Balaban J connectivity index is 2.39. The average molecular weight is 240 g/mol. The van der Waals surface area contributed by atoms with Crippen molar-refractivity contribution in [3.05, 3.63) is 58.3 Å². The second-order valence-corrected chi connectivity index (χ2v) is 3.84. The van der Waals surface area contributed by atoms with Crippen LogP contribution in [0.5, 0.6) is 0 Å². The molecule has 0 unspecified atom stereocenters. The van der Waals surface area contributed by atoms with Gasteiger partial charge < -0.3 is 0 Å². The molecule has 0 radical (unpaired) electrons. The van der Waals surface area contributed by atoms with Crippen LogP contribution >= 0.6 is 23.2 Å². The standard InChI is InChI=1S/C11H7Cl2NO/c12-9-4-3-8(7-10(9)13)11(15)14-5-1-2-6-14/h1-7H. The molecule has 0 spiro atoms. The molecule has 0 atom stereocenters. The van der Waals surface area contributed by atoms with Crippen molar-refractivity contribution in [3.8, 4) is 0 Å². The molecular weight excluding hydrogens is 233 g/mol. The molecule has 0 amide bonds. The van der Waals surface area contributed by atoms with Crippen LogP contribution in [0.2, 0.25) is 10.0 Å². The lowest BCUT2D eigenvalue weighted by Crippen LogP contribution is -2.09. The Hall–Kier alpha value is -1.25. The molecule has 2 nitrogen and oxygen atoms in total. The molecule has 0 fully saturated rings. The minimum absolute atomic E-state index is 0.126. The van der Waals surface area contributed by atoms with Crippen LogP contribution in [0.1, 0.15) is 10.4 Å². The van der Waals surface area contributed by atoms with Gasteiger partial charge in [-0.3, -0.25) is 9.36 Å². The largest absolute Gasteiger partial charge is 0.291 e. The molecule has 0 aliphatic carbocycles. The number of rotatable bonds is 1. The summed E-state index contributed by atoms with van der Waals surface area (Å²) in [4.78, 5) is 11.8. The van der Waals surface area contributed by atoms with Crippen LogP contribution < -0.4 is 0 Å². The van der Waals surface area contributed by atoms with E-state index in [1.165, 1.54) is 4.57 Å². The van der Waals surface area contributed by atoms with Crippen molar-refractivity contribution in [1.29, 1.82) is 0 Å². The number of carbonyl (C=O) groups excluding carboxylic acids is 1. The summed E-state index contributed by atoms with van der Waals surface area (Å²) in [7, 11) is 0. The molecule has 0 aliphatic heterocycles. The molecule has 76 valence electrons. The topological polar surface area (TPSA) is 22.0 Å². The van der Waals surface area contributed by atoms with E-state index < -0.39 is 0 Å². The fraction of sp³-hybridized carbons (Fsp3) is 0. The number of aromatic nitrogens is 1. The quantitative estimate of drug-likeness (QED) is 0.747. The molecule has 2 rings (SSSR count). The van der Waals surface area contributed by atoms with E-state index in [-0.39, 0.29) is 5.91 Å². The SMILES string of the molecule is O=C(c1ccc(Cl)c(Cl)c1)n1cccc1.